The Morgan fingerprint density at radius 3 is 2.69 bits per heavy atom. The number of hydrogen-bond donors (Lipinski definition) is 2. The Hall–Kier alpha value is -2.24. The summed E-state index contributed by atoms with van der Waals surface area (Å²) in [6.07, 6.45) is 1.17. The average Bonchev–Trinajstić information content (AvgIpc) is 2.67. The van der Waals surface area contributed by atoms with E-state index < -0.39 is 17.4 Å². The molecular weight excluding hydrogens is 216 g/mol. The van der Waals surface area contributed by atoms with Crippen molar-refractivity contribution in [1.82, 2.24) is 10.2 Å². The van der Waals surface area contributed by atoms with Crippen molar-refractivity contribution >= 4 is 11.6 Å². The number of aromatic amines is 1. The van der Waals surface area contributed by atoms with E-state index >= 15 is 0 Å². The second-order valence-electron chi connectivity index (χ2n) is 3.15. The fraction of sp³-hybridized carbons (Fsp3) is 0. The van der Waals surface area contributed by atoms with Crippen LogP contribution in [0.3, 0.4) is 0 Å². The van der Waals surface area contributed by atoms with Gasteiger partial charge in [-0.3, -0.25) is 9.89 Å². The van der Waals surface area contributed by atoms with Crippen molar-refractivity contribution in [1.29, 1.82) is 0 Å². The number of anilines is 1. The number of halogens is 2. The van der Waals surface area contributed by atoms with Crippen molar-refractivity contribution < 1.29 is 13.6 Å². The number of nitrogens with zero attached hydrogens (tertiary/aromatic N) is 1. The number of carbonyl (C=O) groups is 1. The van der Waals surface area contributed by atoms with Gasteiger partial charge in [0.25, 0.3) is 0 Å². The number of aromatic nitrogens is 2. The first kappa shape index (κ1) is 10.3. The molecule has 0 aliphatic carbocycles. The molecule has 0 saturated heterocycles. The second kappa shape index (κ2) is 3.73. The fourth-order valence-electron chi connectivity index (χ4n) is 1.29. The summed E-state index contributed by atoms with van der Waals surface area (Å²) < 4.78 is 26.2. The summed E-state index contributed by atoms with van der Waals surface area (Å²) in [4.78, 5) is 11.8. The molecule has 4 nitrogen and oxygen atoms in total. The molecule has 0 saturated carbocycles. The van der Waals surface area contributed by atoms with Crippen LogP contribution in [-0.4, -0.2) is 16.0 Å². The number of carbonyl (C=O) groups excluding carboxylic acids is 1. The van der Waals surface area contributed by atoms with Crippen LogP contribution < -0.4 is 5.73 Å². The quantitative estimate of drug-likeness (QED) is 0.758. The maximum absolute atomic E-state index is 13.3. The van der Waals surface area contributed by atoms with Crippen LogP contribution in [0, 0.1) is 11.6 Å². The van der Waals surface area contributed by atoms with Gasteiger partial charge in [0.15, 0.2) is 0 Å². The number of nitrogen functional groups attached to an aromatic ring is 1. The van der Waals surface area contributed by atoms with E-state index in [1.54, 1.807) is 0 Å². The lowest BCUT2D eigenvalue weighted by Gasteiger charge is -2.01. The van der Waals surface area contributed by atoms with Crippen LogP contribution in [0.4, 0.5) is 14.6 Å². The largest absolute Gasteiger partial charge is 0.383 e. The highest BCUT2D eigenvalue weighted by Gasteiger charge is 2.18. The molecule has 0 aliphatic heterocycles. The zero-order valence-electron chi connectivity index (χ0n) is 8.00. The Morgan fingerprint density at radius 1 is 1.31 bits per heavy atom. The van der Waals surface area contributed by atoms with E-state index in [2.05, 4.69) is 10.2 Å². The van der Waals surface area contributed by atoms with Gasteiger partial charge < -0.3 is 5.73 Å². The first-order valence-corrected chi connectivity index (χ1v) is 4.38. The van der Waals surface area contributed by atoms with Gasteiger partial charge in [0.05, 0.1) is 17.3 Å². The van der Waals surface area contributed by atoms with Gasteiger partial charge in [-0.25, -0.2) is 8.78 Å². The number of ketones is 1. The molecule has 0 fully saturated rings. The molecule has 0 spiro atoms. The molecule has 2 rings (SSSR count). The van der Waals surface area contributed by atoms with Gasteiger partial charge in [-0.2, -0.15) is 5.10 Å². The van der Waals surface area contributed by atoms with Crippen molar-refractivity contribution in [2.45, 2.75) is 0 Å². The number of nitrogens with two attached hydrogens (primary N) is 1. The van der Waals surface area contributed by atoms with Gasteiger partial charge in [-0.05, 0) is 18.2 Å². The highest BCUT2D eigenvalue weighted by molar-refractivity contribution is 6.11. The third-order valence-corrected chi connectivity index (χ3v) is 2.09. The van der Waals surface area contributed by atoms with Crippen molar-refractivity contribution in [3.63, 3.8) is 0 Å². The molecule has 3 N–H and O–H groups in total. The van der Waals surface area contributed by atoms with E-state index in [0.717, 1.165) is 18.2 Å². The first-order chi connectivity index (χ1) is 7.59. The Bertz CT molecular complexity index is 551. The lowest BCUT2D eigenvalue weighted by atomic mass is 10.1. The zero-order valence-corrected chi connectivity index (χ0v) is 8.00. The third-order valence-electron chi connectivity index (χ3n) is 2.09. The van der Waals surface area contributed by atoms with E-state index in [1.807, 2.05) is 0 Å². The number of rotatable bonds is 2. The number of nitrogens with one attached hydrogen (secondary N) is 1. The molecule has 6 heteroatoms. The highest BCUT2D eigenvalue weighted by Crippen LogP contribution is 2.17. The Balaban J connectivity index is 2.49. The summed E-state index contributed by atoms with van der Waals surface area (Å²) >= 11 is 0. The maximum Gasteiger partial charge on any atom is 0.201 e. The summed E-state index contributed by atoms with van der Waals surface area (Å²) in [5, 5.41) is 5.88. The van der Waals surface area contributed by atoms with Gasteiger partial charge >= 0.3 is 0 Å². The van der Waals surface area contributed by atoms with Crippen molar-refractivity contribution in [3.05, 3.63) is 47.2 Å². The van der Waals surface area contributed by atoms with E-state index in [4.69, 9.17) is 5.73 Å². The van der Waals surface area contributed by atoms with E-state index in [1.165, 1.54) is 6.20 Å². The molecule has 1 aromatic carbocycles. The average molecular weight is 223 g/mol. The minimum absolute atomic E-state index is 0.0181. The molecule has 2 aromatic rings. The standard InChI is InChI=1S/C10H7F2N3O/c11-5-1-2-8(12)6(3-5)9(16)7-4-14-15-10(7)13/h1-4H,(H3,13,14,15). The van der Waals surface area contributed by atoms with Crippen molar-refractivity contribution in [2.75, 3.05) is 5.73 Å². The van der Waals surface area contributed by atoms with Crippen LogP contribution in [0.1, 0.15) is 15.9 Å². The maximum atomic E-state index is 13.3. The molecule has 1 heterocycles. The second-order valence-corrected chi connectivity index (χ2v) is 3.15. The van der Waals surface area contributed by atoms with Crippen LogP contribution in [0.15, 0.2) is 24.4 Å². The van der Waals surface area contributed by atoms with Gasteiger partial charge in [-0.15, -0.1) is 0 Å². The third kappa shape index (κ3) is 1.65. The predicted octanol–water partition coefficient (Wildman–Crippen LogP) is 1.50. The monoisotopic (exact) mass is 223 g/mol. The molecule has 16 heavy (non-hydrogen) atoms. The lowest BCUT2D eigenvalue weighted by Crippen LogP contribution is -2.06. The Kier molecular flexibility index (Phi) is 2.40. The van der Waals surface area contributed by atoms with Gasteiger partial charge in [-0.1, -0.05) is 0 Å². The zero-order chi connectivity index (χ0) is 11.7. The van der Waals surface area contributed by atoms with Crippen molar-refractivity contribution in [2.24, 2.45) is 0 Å². The lowest BCUT2D eigenvalue weighted by molar-refractivity contribution is 0.103. The minimum Gasteiger partial charge on any atom is -0.383 e. The molecule has 82 valence electrons. The predicted molar refractivity (Wildman–Crippen MR) is 52.8 cm³/mol. The SMILES string of the molecule is Nc1[nH]ncc1C(=O)c1cc(F)ccc1F. The van der Waals surface area contributed by atoms with Crippen LogP contribution in [-0.2, 0) is 0 Å². The minimum atomic E-state index is -0.799. The van der Waals surface area contributed by atoms with Crippen molar-refractivity contribution in [3.8, 4) is 0 Å². The molecule has 0 aliphatic rings. The fourth-order valence-corrected chi connectivity index (χ4v) is 1.29. The van der Waals surface area contributed by atoms with Crippen LogP contribution in [0.5, 0.6) is 0 Å². The van der Waals surface area contributed by atoms with Gasteiger partial charge in [0.2, 0.25) is 5.78 Å². The van der Waals surface area contributed by atoms with E-state index in [0.29, 0.717) is 0 Å². The number of H-pyrrole nitrogens is 1. The molecule has 0 unspecified atom stereocenters. The molecule has 0 radical (unpaired) electrons. The van der Waals surface area contributed by atoms with E-state index in [9.17, 15) is 13.6 Å². The van der Waals surface area contributed by atoms with Crippen LogP contribution in [0.25, 0.3) is 0 Å². The summed E-state index contributed by atoms with van der Waals surface area (Å²) in [5.74, 6) is -2.17. The molecule has 0 atom stereocenters. The first-order valence-electron chi connectivity index (χ1n) is 4.38. The number of benzene rings is 1. The number of hydrogen-bond acceptors (Lipinski definition) is 3. The van der Waals surface area contributed by atoms with Crippen LogP contribution in [0.2, 0.25) is 0 Å². The molecule has 0 amide bonds. The smallest absolute Gasteiger partial charge is 0.201 e. The Labute approximate surface area is 89.1 Å². The summed E-state index contributed by atoms with van der Waals surface area (Å²) in [5.41, 5.74) is 5.06. The van der Waals surface area contributed by atoms with Crippen LogP contribution >= 0.6 is 0 Å². The van der Waals surface area contributed by atoms with Gasteiger partial charge in [0, 0.05) is 0 Å². The van der Waals surface area contributed by atoms with E-state index in [-0.39, 0.29) is 16.9 Å². The highest BCUT2D eigenvalue weighted by atomic mass is 19.1. The summed E-state index contributed by atoms with van der Waals surface area (Å²) in [6.45, 7) is 0. The molecular formula is C10H7F2N3O. The summed E-state index contributed by atoms with van der Waals surface area (Å²) in [6, 6.07) is 2.65. The topological polar surface area (TPSA) is 71.8 Å². The van der Waals surface area contributed by atoms with Gasteiger partial charge in [0.1, 0.15) is 17.5 Å². The molecule has 1 aromatic heterocycles. The summed E-state index contributed by atoms with van der Waals surface area (Å²) in [7, 11) is 0. The molecule has 0 bridgehead atoms. The normalized spacial score (nSPS) is 10.4. The Morgan fingerprint density at radius 2 is 2.06 bits per heavy atom.